The Balaban J connectivity index is 1.54. The maximum Gasteiger partial charge on any atom is 0.221 e. The SMILES string of the molecule is O=C(CC1CSCCN1)NCCC1CC1. The number of carbonyl (C=O) groups is 1. The fraction of sp³-hybridized carbons (Fsp3) is 0.909. The molecule has 1 saturated heterocycles. The quantitative estimate of drug-likeness (QED) is 0.737. The van der Waals surface area contributed by atoms with Crippen LogP contribution in [0.25, 0.3) is 0 Å². The van der Waals surface area contributed by atoms with E-state index in [1.54, 1.807) is 0 Å². The lowest BCUT2D eigenvalue weighted by Crippen LogP contribution is -2.41. The lowest BCUT2D eigenvalue weighted by Gasteiger charge is -2.22. The molecule has 86 valence electrons. The van der Waals surface area contributed by atoms with E-state index in [0.29, 0.717) is 12.5 Å². The Hall–Kier alpha value is -0.220. The van der Waals surface area contributed by atoms with Crippen LogP contribution < -0.4 is 10.6 Å². The van der Waals surface area contributed by atoms with E-state index in [1.165, 1.54) is 25.0 Å². The van der Waals surface area contributed by atoms with Gasteiger partial charge in [0.25, 0.3) is 0 Å². The molecule has 1 amide bonds. The Morgan fingerprint density at radius 3 is 3.00 bits per heavy atom. The van der Waals surface area contributed by atoms with E-state index in [2.05, 4.69) is 10.6 Å². The molecule has 1 aliphatic heterocycles. The molecule has 15 heavy (non-hydrogen) atoms. The summed E-state index contributed by atoms with van der Waals surface area (Å²) in [6.07, 6.45) is 4.57. The molecular formula is C11H20N2OS. The summed E-state index contributed by atoms with van der Waals surface area (Å²) in [6, 6.07) is 0.393. The summed E-state index contributed by atoms with van der Waals surface area (Å²) < 4.78 is 0. The summed E-state index contributed by atoms with van der Waals surface area (Å²) in [6.45, 7) is 1.92. The normalized spacial score (nSPS) is 26.3. The van der Waals surface area contributed by atoms with Crippen molar-refractivity contribution in [1.29, 1.82) is 0 Å². The first kappa shape index (κ1) is 11.3. The van der Waals surface area contributed by atoms with Crippen molar-refractivity contribution in [2.75, 3.05) is 24.6 Å². The molecule has 3 nitrogen and oxygen atoms in total. The second-order valence-corrected chi connectivity index (χ2v) is 5.66. The molecule has 0 aromatic heterocycles. The highest BCUT2D eigenvalue weighted by molar-refractivity contribution is 7.99. The van der Waals surface area contributed by atoms with Gasteiger partial charge < -0.3 is 10.6 Å². The third-order valence-electron chi connectivity index (χ3n) is 3.00. The minimum absolute atomic E-state index is 0.218. The van der Waals surface area contributed by atoms with Gasteiger partial charge in [-0.1, -0.05) is 12.8 Å². The van der Waals surface area contributed by atoms with Crippen LogP contribution in [-0.4, -0.2) is 36.5 Å². The summed E-state index contributed by atoms with van der Waals surface area (Å²) in [5.74, 6) is 3.39. The van der Waals surface area contributed by atoms with E-state index < -0.39 is 0 Å². The van der Waals surface area contributed by atoms with Crippen molar-refractivity contribution >= 4 is 17.7 Å². The van der Waals surface area contributed by atoms with Crippen LogP contribution in [0.4, 0.5) is 0 Å². The van der Waals surface area contributed by atoms with Crippen LogP contribution in [0.15, 0.2) is 0 Å². The number of amides is 1. The van der Waals surface area contributed by atoms with Crippen LogP contribution in [0.2, 0.25) is 0 Å². The molecule has 1 atom stereocenters. The third kappa shape index (κ3) is 4.43. The Kier molecular flexibility index (Phi) is 4.32. The number of rotatable bonds is 5. The van der Waals surface area contributed by atoms with Gasteiger partial charge in [0.1, 0.15) is 0 Å². The third-order valence-corrected chi connectivity index (χ3v) is 4.13. The molecule has 2 fully saturated rings. The Morgan fingerprint density at radius 2 is 2.33 bits per heavy atom. The molecule has 0 aromatic carbocycles. The van der Waals surface area contributed by atoms with Crippen molar-refractivity contribution in [3.05, 3.63) is 0 Å². The van der Waals surface area contributed by atoms with Crippen LogP contribution in [0, 0.1) is 5.92 Å². The summed E-state index contributed by atoms with van der Waals surface area (Å²) in [5.41, 5.74) is 0. The minimum Gasteiger partial charge on any atom is -0.356 e. The number of thioether (sulfide) groups is 1. The largest absolute Gasteiger partial charge is 0.356 e. The molecule has 1 unspecified atom stereocenters. The van der Waals surface area contributed by atoms with Crippen LogP contribution in [0.5, 0.6) is 0 Å². The topological polar surface area (TPSA) is 41.1 Å². The second-order valence-electron chi connectivity index (χ2n) is 4.51. The van der Waals surface area contributed by atoms with Gasteiger partial charge in [-0.3, -0.25) is 4.79 Å². The van der Waals surface area contributed by atoms with Crippen molar-refractivity contribution in [3.8, 4) is 0 Å². The molecule has 0 spiro atoms. The number of carbonyl (C=O) groups excluding carboxylic acids is 1. The average Bonchev–Trinajstić information content (AvgIpc) is 3.03. The first-order valence-electron chi connectivity index (χ1n) is 5.92. The Morgan fingerprint density at radius 1 is 1.47 bits per heavy atom. The van der Waals surface area contributed by atoms with Crippen LogP contribution in [-0.2, 0) is 4.79 Å². The molecule has 0 aromatic rings. The molecule has 2 N–H and O–H groups in total. The van der Waals surface area contributed by atoms with Gasteiger partial charge in [-0.2, -0.15) is 11.8 Å². The zero-order valence-corrected chi connectivity index (χ0v) is 9.94. The van der Waals surface area contributed by atoms with Crippen LogP contribution in [0.1, 0.15) is 25.7 Å². The van der Waals surface area contributed by atoms with Gasteiger partial charge in [-0.15, -0.1) is 0 Å². The van der Waals surface area contributed by atoms with Crippen LogP contribution >= 0.6 is 11.8 Å². The van der Waals surface area contributed by atoms with Crippen molar-refractivity contribution in [2.45, 2.75) is 31.7 Å². The van der Waals surface area contributed by atoms with E-state index in [1.807, 2.05) is 11.8 Å². The second kappa shape index (κ2) is 5.75. The van der Waals surface area contributed by atoms with Gasteiger partial charge in [0, 0.05) is 37.1 Å². The first-order chi connectivity index (χ1) is 7.34. The highest BCUT2D eigenvalue weighted by Crippen LogP contribution is 2.31. The molecule has 1 saturated carbocycles. The summed E-state index contributed by atoms with van der Waals surface area (Å²) in [7, 11) is 0. The smallest absolute Gasteiger partial charge is 0.221 e. The molecule has 0 bridgehead atoms. The molecule has 4 heteroatoms. The van der Waals surface area contributed by atoms with E-state index in [4.69, 9.17) is 0 Å². The van der Waals surface area contributed by atoms with E-state index in [9.17, 15) is 4.79 Å². The fourth-order valence-corrected chi connectivity index (χ4v) is 2.82. The van der Waals surface area contributed by atoms with Crippen molar-refractivity contribution in [1.82, 2.24) is 10.6 Å². The Labute approximate surface area is 95.8 Å². The highest BCUT2D eigenvalue weighted by Gasteiger charge is 2.21. The molecule has 1 heterocycles. The zero-order valence-electron chi connectivity index (χ0n) is 9.13. The van der Waals surface area contributed by atoms with Gasteiger partial charge >= 0.3 is 0 Å². The summed E-state index contributed by atoms with van der Waals surface area (Å²) >= 11 is 1.94. The maximum absolute atomic E-state index is 11.6. The van der Waals surface area contributed by atoms with E-state index >= 15 is 0 Å². The van der Waals surface area contributed by atoms with Crippen molar-refractivity contribution in [2.24, 2.45) is 5.92 Å². The van der Waals surface area contributed by atoms with Gasteiger partial charge in [0.05, 0.1) is 0 Å². The average molecular weight is 228 g/mol. The molecule has 2 rings (SSSR count). The standard InChI is InChI=1S/C11H20N2OS/c14-11(13-4-3-9-1-2-9)7-10-8-15-6-5-12-10/h9-10,12H,1-8H2,(H,13,14). The predicted molar refractivity (Wildman–Crippen MR) is 64.1 cm³/mol. The maximum atomic E-state index is 11.6. The first-order valence-corrected chi connectivity index (χ1v) is 7.08. The van der Waals surface area contributed by atoms with Crippen LogP contribution in [0.3, 0.4) is 0 Å². The number of nitrogens with one attached hydrogen (secondary N) is 2. The predicted octanol–water partition coefficient (Wildman–Crippen LogP) is 0.998. The number of hydrogen-bond acceptors (Lipinski definition) is 3. The molecular weight excluding hydrogens is 208 g/mol. The van der Waals surface area contributed by atoms with Crippen molar-refractivity contribution < 1.29 is 4.79 Å². The monoisotopic (exact) mass is 228 g/mol. The molecule has 1 aliphatic carbocycles. The summed E-state index contributed by atoms with van der Waals surface area (Å²) in [5, 5.41) is 6.39. The molecule has 0 radical (unpaired) electrons. The van der Waals surface area contributed by atoms with E-state index in [0.717, 1.165) is 24.8 Å². The number of hydrogen-bond donors (Lipinski definition) is 2. The molecule has 2 aliphatic rings. The highest BCUT2D eigenvalue weighted by atomic mass is 32.2. The lowest BCUT2D eigenvalue weighted by molar-refractivity contribution is -0.121. The zero-order chi connectivity index (χ0) is 10.5. The summed E-state index contributed by atoms with van der Waals surface area (Å²) in [4.78, 5) is 11.6. The minimum atomic E-state index is 0.218. The lowest BCUT2D eigenvalue weighted by atomic mass is 10.2. The fourth-order valence-electron chi connectivity index (χ4n) is 1.87. The van der Waals surface area contributed by atoms with Crippen molar-refractivity contribution in [3.63, 3.8) is 0 Å². The van der Waals surface area contributed by atoms with Gasteiger partial charge in [0.2, 0.25) is 5.91 Å². The van der Waals surface area contributed by atoms with Gasteiger partial charge in [0.15, 0.2) is 0 Å². The van der Waals surface area contributed by atoms with Gasteiger partial charge in [-0.25, -0.2) is 0 Å². The Bertz CT molecular complexity index is 213. The van der Waals surface area contributed by atoms with Gasteiger partial charge in [-0.05, 0) is 12.3 Å². The van der Waals surface area contributed by atoms with E-state index in [-0.39, 0.29) is 5.91 Å².